The molecule has 0 rings (SSSR count). The second-order valence-electron chi connectivity index (χ2n) is 5.54. The quantitative estimate of drug-likeness (QED) is 0.617. The SMILES string of the molecule is CC(C)(C)OS(C)(C)C(C)(C)C. The second kappa shape index (κ2) is 3.22. The third-order valence-electron chi connectivity index (χ3n) is 1.93. The van der Waals surface area contributed by atoms with Crippen LogP contribution >= 0.6 is 10.3 Å². The molecule has 1 nitrogen and oxygen atoms in total. The van der Waals surface area contributed by atoms with Crippen molar-refractivity contribution in [2.24, 2.45) is 0 Å². The van der Waals surface area contributed by atoms with Crippen molar-refractivity contribution in [2.45, 2.75) is 51.9 Å². The Morgan fingerprint density at radius 2 is 1.17 bits per heavy atom. The highest BCUT2D eigenvalue weighted by molar-refractivity contribution is 8.29. The largest absolute Gasteiger partial charge is 0.331 e. The molecule has 0 aromatic heterocycles. The topological polar surface area (TPSA) is 9.23 Å². The molecular formula is C10H24OS. The fraction of sp³-hybridized carbons (Fsp3) is 1.00. The highest BCUT2D eigenvalue weighted by Crippen LogP contribution is 2.55. The fourth-order valence-corrected chi connectivity index (χ4v) is 2.25. The third kappa shape index (κ3) is 3.81. The predicted molar refractivity (Wildman–Crippen MR) is 60.0 cm³/mol. The molecule has 0 aliphatic rings. The van der Waals surface area contributed by atoms with E-state index in [1.54, 1.807) is 0 Å². The Labute approximate surface area is 79.4 Å². The van der Waals surface area contributed by atoms with Crippen LogP contribution in [0.4, 0.5) is 0 Å². The van der Waals surface area contributed by atoms with Crippen molar-refractivity contribution in [3.05, 3.63) is 0 Å². The molecule has 0 radical (unpaired) electrons. The molecule has 0 aromatic carbocycles. The highest BCUT2D eigenvalue weighted by Gasteiger charge is 2.32. The molecule has 0 saturated carbocycles. The van der Waals surface area contributed by atoms with Crippen molar-refractivity contribution < 1.29 is 4.18 Å². The molecule has 0 fully saturated rings. The minimum Gasteiger partial charge on any atom is -0.331 e. The van der Waals surface area contributed by atoms with Crippen LogP contribution in [0.25, 0.3) is 0 Å². The minimum absolute atomic E-state index is 0.0217. The first-order chi connectivity index (χ1) is 4.96. The lowest BCUT2D eigenvalue weighted by Crippen LogP contribution is -2.31. The van der Waals surface area contributed by atoms with Gasteiger partial charge in [0.1, 0.15) is 0 Å². The number of hydrogen-bond donors (Lipinski definition) is 0. The van der Waals surface area contributed by atoms with Gasteiger partial charge in [0.05, 0.1) is 5.60 Å². The van der Waals surface area contributed by atoms with Gasteiger partial charge in [-0.05, 0) is 33.3 Å². The zero-order valence-corrected chi connectivity index (χ0v) is 10.6. The van der Waals surface area contributed by atoms with Crippen molar-refractivity contribution in [1.29, 1.82) is 0 Å². The molecular weight excluding hydrogens is 168 g/mol. The molecule has 0 atom stereocenters. The Balaban J connectivity index is 4.44. The van der Waals surface area contributed by atoms with E-state index in [1.165, 1.54) is 0 Å². The summed E-state index contributed by atoms with van der Waals surface area (Å²) in [6, 6.07) is 0. The van der Waals surface area contributed by atoms with Gasteiger partial charge in [-0.15, -0.1) is 10.3 Å². The highest BCUT2D eigenvalue weighted by atomic mass is 32.3. The molecule has 0 bridgehead atoms. The third-order valence-corrected chi connectivity index (χ3v) is 5.80. The van der Waals surface area contributed by atoms with E-state index < -0.39 is 10.3 Å². The summed E-state index contributed by atoms with van der Waals surface area (Å²) in [5.74, 6) is 0. The zero-order chi connectivity index (χ0) is 10.2. The molecule has 0 heterocycles. The van der Waals surface area contributed by atoms with Crippen LogP contribution in [0.1, 0.15) is 41.5 Å². The molecule has 0 unspecified atom stereocenters. The van der Waals surface area contributed by atoms with E-state index in [-0.39, 0.29) is 10.3 Å². The summed E-state index contributed by atoms with van der Waals surface area (Å²) in [5, 5.41) is 0. The minimum atomic E-state index is -0.955. The van der Waals surface area contributed by atoms with Crippen LogP contribution in [-0.4, -0.2) is 22.9 Å². The van der Waals surface area contributed by atoms with Crippen molar-refractivity contribution in [2.75, 3.05) is 12.5 Å². The van der Waals surface area contributed by atoms with Gasteiger partial charge in [0.2, 0.25) is 0 Å². The van der Waals surface area contributed by atoms with E-state index in [2.05, 4.69) is 54.1 Å². The molecule has 0 spiro atoms. The van der Waals surface area contributed by atoms with Gasteiger partial charge in [-0.2, -0.15) is 0 Å². The first-order valence-electron chi connectivity index (χ1n) is 4.39. The first kappa shape index (κ1) is 12.3. The lowest BCUT2D eigenvalue weighted by atomic mass is 10.2. The van der Waals surface area contributed by atoms with Crippen molar-refractivity contribution >= 4 is 10.3 Å². The van der Waals surface area contributed by atoms with Crippen LogP contribution < -0.4 is 0 Å². The maximum absolute atomic E-state index is 6.07. The van der Waals surface area contributed by atoms with Crippen molar-refractivity contribution in [3.8, 4) is 0 Å². The first-order valence-corrected chi connectivity index (χ1v) is 6.77. The summed E-state index contributed by atoms with van der Waals surface area (Å²) in [5.41, 5.74) is -0.0217. The van der Waals surface area contributed by atoms with E-state index in [1.807, 2.05) is 0 Å². The Bertz CT molecular complexity index is 148. The molecule has 0 aliphatic heterocycles. The molecule has 76 valence electrons. The Morgan fingerprint density at radius 1 is 0.833 bits per heavy atom. The van der Waals surface area contributed by atoms with Gasteiger partial charge in [0, 0.05) is 4.75 Å². The maximum atomic E-state index is 6.07. The van der Waals surface area contributed by atoms with Crippen LogP contribution in [0, 0.1) is 0 Å². The van der Waals surface area contributed by atoms with Crippen LogP contribution in [0.15, 0.2) is 0 Å². The van der Waals surface area contributed by atoms with E-state index >= 15 is 0 Å². The normalized spacial score (nSPS) is 16.3. The summed E-state index contributed by atoms with van der Waals surface area (Å²) in [7, 11) is -0.955. The summed E-state index contributed by atoms with van der Waals surface area (Å²) in [4.78, 5) is 0. The molecule has 12 heavy (non-hydrogen) atoms. The van der Waals surface area contributed by atoms with Crippen molar-refractivity contribution in [1.82, 2.24) is 0 Å². The van der Waals surface area contributed by atoms with Crippen LogP contribution in [-0.2, 0) is 4.18 Å². The van der Waals surface area contributed by atoms with E-state index in [0.29, 0.717) is 0 Å². The number of hydrogen-bond acceptors (Lipinski definition) is 1. The van der Waals surface area contributed by atoms with Gasteiger partial charge < -0.3 is 4.18 Å². The van der Waals surface area contributed by atoms with Gasteiger partial charge in [-0.25, -0.2) is 0 Å². The zero-order valence-electron chi connectivity index (χ0n) is 9.82. The molecule has 0 saturated heterocycles. The maximum Gasteiger partial charge on any atom is 0.0723 e. The molecule has 0 N–H and O–H groups in total. The standard InChI is InChI=1S/C10H24OS/c1-9(2,3)11-12(7,8)10(4,5)6/h1-8H3. The van der Waals surface area contributed by atoms with Gasteiger partial charge in [-0.3, -0.25) is 0 Å². The van der Waals surface area contributed by atoms with Crippen LogP contribution in [0.5, 0.6) is 0 Å². The fourth-order valence-electron chi connectivity index (χ4n) is 0.750. The Hall–Kier alpha value is 0.310. The van der Waals surface area contributed by atoms with Gasteiger partial charge >= 0.3 is 0 Å². The summed E-state index contributed by atoms with van der Waals surface area (Å²) in [6.07, 6.45) is 4.47. The number of rotatable bonds is 1. The second-order valence-corrected chi connectivity index (χ2v) is 9.40. The predicted octanol–water partition coefficient (Wildman–Crippen LogP) is 3.58. The van der Waals surface area contributed by atoms with Gasteiger partial charge in [0.25, 0.3) is 0 Å². The van der Waals surface area contributed by atoms with Crippen LogP contribution in [0.3, 0.4) is 0 Å². The van der Waals surface area contributed by atoms with E-state index in [9.17, 15) is 0 Å². The lowest BCUT2D eigenvalue weighted by molar-refractivity contribution is 0.151. The van der Waals surface area contributed by atoms with Crippen molar-refractivity contribution in [3.63, 3.8) is 0 Å². The van der Waals surface area contributed by atoms with E-state index in [4.69, 9.17) is 4.18 Å². The smallest absolute Gasteiger partial charge is 0.0723 e. The summed E-state index contributed by atoms with van der Waals surface area (Å²) >= 11 is 0. The Morgan fingerprint density at radius 3 is 1.25 bits per heavy atom. The Kier molecular flexibility index (Phi) is 3.31. The van der Waals surface area contributed by atoms with Gasteiger partial charge in [0.15, 0.2) is 0 Å². The molecule has 0 aliphatic carbocycles. The monoisotopic (exact) mass is 192 g/mol. The summed E-state index contributed by atoms with van der Waals surface area (Å²) in [6.45, 7) is 13.1. The molecule has 2 heteroatoms. The lowest BCUT2D eigenvalue weighted by Gasteiger charge is -2.47. The molecule has 0 amide bonds. The van der Waals surface area contributed by atoms with Crippen LogP contribution in [0.2, 0.25) is 0 Å². The van der Waals surface area contributed by atoms with Gasteiger partial charge in [-0.1, -0.05) is 20.8 Å². The average molecular weight is 192 g/mol. The average Bonchev–Trinajstić information content (AvgIpc) is 1.52. The summed E-state index contributed by atoms with van der Waals surface area (Å²) < 4.78 is 6.34. The molecule has 0 aromatic rings. The van der Waals surface area contributed by atoms with E-state index in [0.717, 1.165) is 0 Å².